The van der Waals surface area contributed by atoms with Crippen molar-refractivity contribution < 1.29 is 14.7 Å². The van der Waals surface area contributed by atoms with Crippen LogP contribution >= 0.6 is 11.6 Å². The molecule has 1 fully saturated rings. The maximum Gasteiger partial charge on any atom is 0.295 e. The molecular weight excluding hydrogens is 440 g/mol. The van der Waals surface area contributed by atoms with Crippen LogP contribution in [0.1, 0.15) is 36.8 Å². The summed E-state index contributed by atoms with van der Waals surface area (Å²) in [6.07, 6.45) is 1.78. The van der Waals surface area contributed by atoms with Gasteiger partial charge in [-0.1, -0.05) is 43.6 Å². The van der Waals surface area contributed by atoms with Crippen molar-refractivity contribution in [3.8, 4) is 0 Å². The molecule has 2 aromatic heterocycles. The van der Waals surface area contributed by atoms with Crippen molar-refractivity contribution >= 4 is 34.7 Å². The third-order valence-corrected chi connectivity index (χ3v) is 6.46. The maximum atomic E-state index is 13.3. The summed E-state index contributed by atoms with van der Waals surface area (Å²) in [5.74, 6) is -1.54. The predicted molar refractivity (Wildman–Crippen MR) is 128 cm³/mol. The number of carbonyl (C=O) groups excluding carboxylic acids is 2. The van der Waals surface area contributed by atoms with Gasteiger partial charge in [0.15, 0.2) is 5.76 Å². The minimum atomic E-state index is -0.716. The fourth-order valence-corrected chi connectivity index (χ4v) is 4.54. The van der Waals surface area contributed by atoms with Crippen LogP contribution in [0.15, 0.2) is 54.2 Å². The van der Waals surface area contributed by atoms with E-state index in [9.17, 15) is 14.7 Å². The lowest BCUT2D eigenvalue weighted by Crippen LogP contribution is -2.38. The largest absolute Gasteiger partial charge is 0.505 e. The highest BCUT2D eigenvalue weighted by Gasteiger charge is 2.46. The van der Waals surface area contributed by atoms with Gasteiger partial charge in [-0.25, -0.2) is 4.98 Å². The Morgan fingerprint density at radius 3 is 2.48 bits per heavy atom. The molecule has 1 aromatic carbocycles. The van der Waals surface area contributed by atoms with Crippen molar-refractivity contribution in [3.63, 3.8) is 0 Å². The van der Waals surface area contributed by atoms with Gasteiger partial charge in [0.05, 0.1) is 17.3 Å². The van der Waals surface area contributed by atoms with E-state index >= 15 is 0 Å². The Bertz CT molecular complexity index is 1230. The van der Waals surface area contributed by atoms with Gasteiger partial charge in [0.1, 0.15) is 11.3 Å². The summed E-state index contributed by atoms with van der Waals surface area (Å²) in [7, 11) is 0. The lowest BCUT2D eigenvalue weighted by Gasteiger charge is -2.28. The minimum absolute atomic E-state index is 0.0654. The van der Waals surface area contributed by atoms with E-state index in [1.807, 2.05) is 18.2 Å². The van der Waals surface area contributed by atoms with Gasteiger partial charge < -0.3 is 14.9 Å². The number of likely N-dealkylation sites (N-methyl/N-ethyl adjacent to an activating group) is 1. The number of nitrogens with zero attached hydrogens (tertiary/aromatic N) is 4. The van der Waals surface area contributed by atoms with Crippen LogP contribution in [0.4, 0.5) is 0 Å². The lowest BCUT2D eigenvalue weighted by molar-refractivity contribution is -0.140. The highest BCUT2D eigenvalue weighted by Crippen LogP contribution is 2.40. The molecule has 33 heavy (non-hydrogen) atoms. The number of hydrogen-bond acceptors (Lipinski definition) is 5. The average molecular weight is 467 g/mol. The number of pyridine rings is 1. The smallest absolute Gasteiger partial charge is 0.295 e. The first-order chi connectivity index (χ1) is 15.9. The molecule has 0 spiro atoms. The zero-order valence-corrected chi connectivity index (χ0v) is 19.7. The molecule has 1 aliphatic rings. The summed E-state index contributed by atoms with van der Waals surface area (Å²) in [6.45, 7) is 8.56. The number of imidazole rings is 1. The molecule has 8 heteroatoms. The first kappa shape index (κ1) is 23.0. The number of likely N-dealkylation sites (tertiary alicyclic amines) is 1. The van der Waals surface area contributed by atoms with E-state index in [0.717, 1.165) is 13.1 Å². The Morgan fingerprint density at radius 2 is 1.82 bits per heavy atom. The van der Waals surface area contributed by atoms with Gasteiger partial charge in [0.25, 0.3) is 11.7 Å². The molecule has 172 valence electrons. The number of Topliss-reactive ketones (excluding diaryl/α,β-unsaturated/α-hetero) is 1. The standard InChI is InChI=1S/C25H27ClN4O3/c1-4-28(5-2)14-15-30-22(17-9-11-18(26)12-10-17)20(24(32)25(30)33)23(31)21-16(3)27-19-8-6-7-13-29(19)21/h6-13,22,31H,4-5,14-15H2,1-3H3/t22-/m1/s1. The molecule has 1 aliphatic heterocycles. The monoisotopic (exact) mass is 466 g/mol. The van der Waals surface area contributed by atoms with E-state index < -0.39 is 17.7 Å². The average Bonchev–Trinajstić information content (AvgIpc) is 3.28. The fraction of sp³-hybridized carbons (Fsp3) is 0.320. The molecule has 1 saturated heterocycles. The predicted octanol–water partition coefficient (Wildman–Crippen LogP) is 4.06. The normalized spacial score (nSPS) is 18.1. The molecular formula is C25H27ClN4O3. The SMILES string of the molecule is CCN(CC)CCN1C(=O)C(=O)C(=C(O)c2c(C)nc3ccccn23)[C@H]1c1ccc(Cl)cc1. The van der Waals surface area contributed by atoms with Crippen molar-refractivity contribution in [1.82, 2.24) is 19.2 Å². The quantitative estimate of drug-likeness (QED) is 0.323. The Hall–Kier alpha value is -3.16. The number of rotatable bonds is 7. The highest BCUT2D eigenvalue weighted by atomic mass is 35.5. The first-order valence-electron chi connectivity index (χ1n) is 11.1. The van der Waals surface area contributed by atoms with Crippen LogP contribution in [0.2, 0.25) is 5.02 Å². The summed E-state index contributed by atoms with van der Waals surface area (Å²) in [5.41, 5.74) is 2.41. The van der Waals surface area contributed by atoms with Crippen molar-refractivity contribution in [2.75, 3.05) is 26.2 Å². The van der Waals surface area contributed by atoms with E-state index in [-0.39, 0.29) is 11.3 Å². The molecule has 0 saturated carbocycles. The van der Waals surface area contributed by atoms with E-state index in [1.165, 1.54) is 0 Å². The van der Waals surface area contributed by atoms with Crippen molar-refractivity contribution in [2.45, 2.75) is 26.8 Å². The van der Waals surface area contributed by atoms with Gasteiger partial charge in [0, 0.05) is 24.3 Å². The molecule has 0 aliphatic carbocycles. The van der Waals surface area contributed by atoms with Crippen molar-refractivity contribution in [3.05, 3.63) is 76.2 Å². The number of amides is 1. The van der Waals surface area contributed by atoms with Gasteiger partial charge >= 0.3 is 0 Å². The van der Waals surface area contributed by atoms with Crippen LogP contribution in [-0.2, 0) is 9.59 Å². The number of benzene rings is 1. The van der Waals surface area contributed by atoms with Gasteiger partial charge in [0.2, 0.25) is 0 Å². The van der Waals surface area contributed by atoms with Gasteiger partial charge in [-0.15, -0.1) is 0 Å². The van der Waals surface area contributed by atoms with Crippen LogP contribution in [0.25, 0.3) is 11.4 Å². The minimum Gasteiger partial charge on any atom is -0.505 e. The summed E-state index contributed by atoms with van der Waals surface area (Å²) < 4.78 is 1.73. The molecule has 1 amide bonds. The lowest BCUT2D eigenvalue weighted by atomic mass is 9.96. The second-order valence-electron chi connectivity index (χ2n) is 8.05. The third kappa shape index (κ3) is 4.14. The van der Waals surface area contributed by atoms with Gasteiger partial charge in [-0.05, 0) is 49.8 Å². The number of ketones is 1. The number of aromatic nitrogens is 2. The number of hydrogen-bond donors (Lipinski definition) is 1. The fourth-order valence-electron chi connectivity index (χ4n) is 4.42. The molecule has 1 atom stereocenters. The molecule has 7 nitrogen and oxygen atoms in total. The van der Waals surface area contributed by atoms with Crippen molar-refractivity contribution in [2.24, 2.45) is 0 Å². The molecule has 0 bridgehead atoms. The Kier molecular flexibility index (Phi) is 6.54. The van der Waals surface area contributed by atoms with Crippen LogP contribution in [0.5, 0.6) is 0 Å². The van der Waals surface area contributed by atoms with Crippen LogP contribution in [0.3, 0.4) is 0 Å². The zero-order chi connectivity index (χ0) is 23.7. The Balaban J connectivity index is 1.87. The van der Waals surface area contributed by atoms with Crippen LogP contribution < -0.4 is 0 Å². The Morgan fingerprint density at radius 1 is 1.12 bits per heavy atom. The molecule has 1 N–H and O–H groups in total. The molecule has 3 aromatic rings. The van der Waals surface area contributed by atoms with Gasteiger partial charge in [-0.3, -0.25) is 14.0 Å². The summed E-state index contributed by atoms with van der Waals surface area (Å²) in [6, 6.07) is 11.8. The highest BCUT2D eigenvalue weighted by molar-refractivity contribution is 6.46. The number of aliphatic hydroxyl groups is 1. The van der Waals surface area contributed by atoms with Gasteiger partial charge in [-0.2, -0.15) is 0 Å². The zero-order valence-electron chi connectivity index (χ0n) is 19.0. The number of aryl methyl sites for hydroxylation is 1. The summed E-state index contributed by atoms with van der Waals surface area (Å²) >= 11 is 6.09. The number of aliphatic hydroxyl groups excluding tert-OH is 1. The van der Waals surface area contributed by atoms with E-state index in [4.69, 9.17) is 11.6 Å². The molecule has 4 rings (SSSR count). The van der Waals surface area contributed by atoms with E-state index in [1.54, 1.807) is 46.7 Å². The van der Waals surface area contributed by atoms with E-state index in [0.29, 0.717) is 40.7 Å². The topological polar surface area (TPSA) is 78.2 Å². The number of halogens is 1. The van der Waals surface area contributed by atoms with E-state index in [2.05, 4.69) is 23.7 Å². The number of fused-ring (bicyclic) bond motifs is 1. The summed E-state index contributed by atoms with van der Waals surface area (Å²) in [4.78, 5) is 34.6. The van der Waals surface area contributed by atoms with Crippen LogP contribution in [-0.4, -0.2) is 62.2 Å². The molecule has 0 radical (unpaired) electrons. The number of carbonyl (C=O) groups is 2. The molecule has 0 unspecified atom stereocenters. The second kappa shape index (κ2) is 9.37. The van der Waals surface area contributed by atoms with Crippen molar-refractivity contribution in [1.29, 1.82) is 0 Å². The molecule has 3 heterocycles. The van der Waals surface area contributed by atoms with Crippen LogP contribution in [0, 0.1) is 6.92 Å². The maximum absolute atomic E-state index is 13.3. The second-order valence-corrected chi connectivity index (χ2v) is 8.48. The summed E-state index contributed by atoms with van der Waals surface area (Å²) in [5, 5.41) is 12.0. The third-order valence-electron chi connectivity index (χ3n) is 6.21. The Labute approximate surface area is 197 Å². The first-order valence-corrected chi connectivity index (χ1v) is 11.4.